The molecule has 0 amide bonds. The molecule has 0 aromatic rings. The van der Waals surface area contributed by atoms with Crippen molar-refractivity contribution in [3.8, 4) is 0 Å². The van der Waals surface area contributed by atoms with E-state index in [0.29, 0.717) is 0 Å². The molecule has 0 heterocycles. The van der Waals surface area contributed by atoms with E-state index in [9.17, 15) is 0 Å². The number of alkyl halides is 1. The fraction of sp³-hybridized carbons (Fsp3) is 1.00. The van der Waals surface area contributed by atoms with Crippen LogP contribution in [0.5, 0.6) is 0 Å². The topological polar surface area (TPSA) is 0 Å². The van der Waals surface area contributed by atoms with Gasteiger partial charge in [0, 0.05) is 4.43 Å². The Morgan fingerprint density at radius 2 is 1.80 bits per heavy atom. The first-order valence-corrected chi connectivity index (χ1v) is 3.36. The lowest BCUT2D eigenvalue weighted by Gasteiger charge is -1.88. The van der Waals surface area contributed by atoms with E-state index in [0.717, 1.165) is 5.92 Å². The molecule has 32 valence electrons. The van der Waals surface area contributed by atoms with Gasteiger partial charge in [0.05, 0.1) is 0 Å². The summed E-state index contributed by atoms with van der Waals surface area (Å²) in [5.74, 6) is 0.871. The summed E-state index contributed by atoms with van der Waals surface area (Å²) >= 11 is 2.38. The zero-order valence-electron chi connectivity index (χ0n) is 3.66. The number of halogens is 1. The molecule has 0 aromatic heterocycles. The van der Waals surface area contributed by atoms with Gasteiger partial charge in [-0.1, -0.05) is 36.4 Å². The summed E-state index contributed by atoms with van der Waals surface area (Å²) in [6.07, 6.45) is 0. The third-order valence-electron chi connectivity index (χ3n) is 0.309. The highest BCUT2D eigenvalue weighted by atomic mass is 127. The van der Waals surface area contributed by atoms with Crippen LogP contribution in [0.2, 0.25) is 0 Å². The van der Waals surface area contributed by atoms with Crippen LogP contribution in [0.4, 0.5) is 0 Å². The highest BCUT2D eigenvalue weighted by Gasteiger charge is 1.81. The van der Waals surface area contributed by atoms with Gasteiger partial charge in [0.25, 0.3) is 0 Å². The van der Waals surface area contributed by atoms with E-state index >= 15 is 0 Å². The summed E-state index contributed by atoms with van der Waals surface area (Å²) in [6.45, 7) is 4.43. The molecule has 0 saturated heterocycles. The van der Waals surface area contributed by atoms with Crippen LogP contribution in [0, 0.1) is 5.92 Å². The summed E-state index contributed by atoms with van der Waals surface area (Å²) in [5.41, 5.74) is 0. The molecule has 1 unspecified atom stereocenters. The van der Waals surface area contributed by atoms with Gasteiger partial charge in [-0.15, -0.1) is 0 Å². The monoisotopic (exact) mass is 185 g/mol. The molecule has 1 heteroatoms. The lowest BCUT2D eigenvalue weighted by atomic mass is 10.4. The van der Waals surface area contributed by atoms with E-state index in [1.807, 2.05) is 0 Å². The van der Waals surface area contributed by atoms with E-state index in [1.54, 1.807) is 0 Å². The third kappa shape index (κ3) is 4.73. The molecule has 0 nitrogen and oxygen atoms in total. The highest BCUT2D eigenvalue weighted by Crippen LogP contribution is 1.95. The number of hydrogen-bond acceptors (Lipinski definition) is 0. The molecule has 0 aliphatic heterocycles. The molecular weight excluding hydrogens is 176 g/mol. The maximum atomic E-state index is 2.38. The predicted molar refractivity (Wildman–Crippen MR) is 33.7 cm³/mol. The van der Waals surface area contributed by atoms with Gasteiger partial charge in [0.1, 0.15) is 0 Å². The van der Waals surface area contributed by atoms with Crippen LogP contribution < -0.4 is 0 Å². The van der Waals surface area contributed by atoms with Gasteiger partial charge in [0.2, 0.25) is 0 Å². The SMILES string of the molecule is CC([13CH3])CI. The van der Waals surface area contributed by atoms with Crippen molar-refractivity contribution in [3.05, 3.63) is 0 Å². The predicted octanol–water partition coefficient (Wildman–Crippen LogP) is 2.08. The zero-order valence-corrected chi connectivity index (χ0v) is 5.82. The molecule has 0 rings (SSSR count). The fourth-order valence-electron chi connectivity index (χ4n) is 0. The largest absolute Gasteiger partial charge is 0.0861 e. The minimum atomic E-state index is 0.871. The van der Waals surface area contributed by atoms with E-state index in [-0.39, 0.29) is 0 Å². The fourth-order valence-corrected chi connectivity index (χ4v) is 0. The van der Waals surface area contributed by atoms with Crippen molar-refractivity contribution < 1.29 is 0 Å². The molecule has 5 heavy (non-hydrogen) atoms. The van der Waals surface area contributed by atoms with Crippen molar-refractivity contribution in [3.63, 3.8) is 0 Å². The van der Waals surface area contributed by atoms with Crippen LogP contribution in [0.25, 0.3) is 0 Å². The summed E-state index contributed by atoms with van der Waals surface area (Å²) in [6, 6.07) is 0. The van der Waals surface area contributed by atoms with E-state index < -0.39 is 0 Å². The third-order valence-corrected chi connectivity index (χ3v) is 2.07. The van der Waals surface area contributed by atoms with Crippen LogP contribution in [-0.4, -0.2) is 4.43 Å². The Kier molecular flexibility index (Phi) is 3.37. The first-order valence-electron chi connectivity index (χ1n) is 1.83. The summed E-state index contributed by atoms with van der Waals surface area (Å²) in [7, 11) is 0. The Hall–Kier alpha value is 0.730. The van der Waals surface area contributed by atoms with Crippen LogP contribution in [0.1, 0.15) is 13.8 Å². The lowest BCUT2D eigenvalue weighted by Crippen LogP contribution is -1.82. The van der Waals surface area contributed by atoms with Gasteiger partial charge in [-0.05, 0) is 5.92 Å². The van der Waals surface area contributed by atoms with E-state index in [2.05, 4.69) is 36.4 Å². The van der Waals surface area contributed by atoms with Gasteiger partial charge < -0.3 is 0 Å². The van der Waals surface area contributed by atoms with Crippen LogP contribution in [0.15, 0.2) is 0 Å². The molecule has 1 atom stereocenters. The molecule has 0 N–H and O–H groups in total. The van der Waals surface area contributed by atoms with Crippen LogP contribution in [-0.2, 0) is 0 Å². The van der Waals surface area contributed by atoms with Gasteiger partial charge in [0.15, 0.2) is 0 Å². The molecule has 0 aliphatic carbocycles. The van der Waals surface area contributed by atoms with Crippen molar-refractivity contribution in [2.45, 2.75) is 13.8 Å². The molecule has 0 saturated carbocycles. The van der Waals surface area contributed by atoms with Crippen LogP contribution in [0.3, 0.4) is 0 Å². The Bertz CT molecular complexity index is 17.6. The second-order valence-electron chi connectivity index (χ2n) is 1.55. The van der Waals surface area contributed by atoms with Crippen molar-refractivity contribution in [1.29, 1.82) is 0 Å². The molecule has 0 aromatic carbocycles. The second kappa shape index (κ2) is 2.94. The quantitative estimate of drug-likeness (QED) is 0.333. The average Bonchev–Trinajstić information content (AvgIpc) is 1.38. The molecule has 0 fully saturated rings. The molecular formula is C4H9I. The summed E-state index contributed by atoms with van der Waals surface area (Å²) < 4.78 is 1.28. The van der Waals surface area contributed by atoms with Crippen molar-refractivity contribution in [1.82, 2.24) is 0 Å². The van der Waals surface area contributed by atoms with Crippen LogP contribution >= 0.6 is 22.6 Å². The van der Waals surface area contributed by atoms with E-state index in [4.69, 9.17) is 0 Å². The Balaban J connectivity index is 2.54. The van der Waals surface area contributed by atoms with E-state index in [1.165, 1.54) is 4.43 Å². The normalized spacial score (nSPS) is 15.0. The highest BCUT2D eigenvalue weighted by molar-refractivity contribution is 14.1. The standard InChI is InChI=1S/C4H9I/c1-4(2)3-5/h4H,3H2,1-2H3/i1+1. The second-order valence-corrected chi connectivity index (χ2v) is 2.43. The lowest BCUT2D eigenvalue weighted by molar-refractivity contribution is 0.763. The molecule has 0 aliphatic rings. The zero-order chi connectivity index (χ0) is 4.28. The molecule has 0 radical (unpaired) electrons. The maximum absolute atomic E-state index is 2.38. The maximum Gasteiger partial charge on any atom is 0.00184 e. The Morgan fingerprint density at radius 3 is 1.80 bits per heavy atom. The van der Waals surface area contributed by atoms with Crippen molar-refractivity contribution >= 4 is 22.6 Å². The van der Waals surface area contributed by atoms with Gasteiger partial charge in [-0.25, -0.2) is 0 Å². The Labute approximate surface area is 47.1 Å². The minimum absolute atomic E-state index is 0.871. The smallest absolute Gasteiger partial charge is 0.00184 e. The molecule has 0 bridgehead atoms. The number of rotatable bonds is 1. The summed E-state index contributed by atoms with van der Waals surface area (Å²) in [4.78, 5) is 0. The van der Waals surface area contributed by atoms with Gasteiger partial charge in [-0.2, -0.15) is 0 Å². The Morgan fingerprint density at radius 1 is 1.60 bits per heavy atom. The summed E-state index contributed by atoms with van der Waals surface area (Å²) in [5, 5.41) is 0. The average molecular weight is 185 g/mol. The first kappa shape index (κ1) is 5.73. The number of hydrogen-bond donors (Lipinski definition) is 0. The first-order chi connectivity index (χ1) is 2.27. The minimum Gasteiger partial charge on any atom is -0.0861 e. The van der Waals surface area contributed by atoms with Gasteiger partial charge >= 0.3 is 0 Å². The molecule has 0 spiro atoms. The van der Waals surface area contributed by atoms with Gasteiger partial charge in [-0.3, -0.25) is 0 Å². The van der Waals surface area contributed by atoms with Crippen molar-refractivity contribution in [2.75, 3.05) is 4.43 Å². The van der Waals surface area contributed by atoms with Crippen molar-refractivity contribution in [2.24, 2.45) is 5.92 Å².